The number of para-hydroxylation sites is 1. The second kappa shape index (κ2) is 5.16. The van der Waals surface area contributed by atoms with Crippen LogP contribution < -0.4 is 5.32 Å². The summed E-state index contributed by atoms with van der Waals surface area (Å²) in [6, 6.07) is 4.47. The molecule has 1 rings (SSSR count). The van der Waals surface area contributed by atoms with Crippen molar-refractivity contribution in [3.63, 3.8) is 0 Å². The van der Waals surface area contributed by atoms with Gasteiger partial charge in [-0.25, -0.2) is 4.79 Å². The van der Waals surface area contributed by atoms with Crippen LogP contribution in [0.5, 0.6) is 5.75 Å². The van der Waals surface area contributed by atoms with Crippen molar-refractivity contribution in [2.24, 2.45) is 0 Å². The first-order chi connectivity index (χ1) is 7.54. The molecule has 5 nitrogen and oxygen atoms in total. The van der Waals surface area contributed by atoms with E-state index in [0.717, 1.165) is 0 Å². The Labute approximate surface area is 93.0 Å². The summed E-state index contributed by atoms with van der Waals surface area (Å²) in [4.78, 5) is 21.8. The second-order valence-corrected chi connectivity index (χ2v) is 3.44. The van der Waals surface area contributed by atoms with Gasteiger partial charge in [-0.2, -0.15) is 0 Å². The lowest BCUT2D eigenvalue weighted by Crippen LogP contribution is -2.18. The Balaban J connectivity index is 2.81. The summed E-state index contributed by atoms with van der Waals surface area (Å²) in [5, 5.41) is 11.9. The topological polar surface area (TPSA) is 75.6 Å². The fourth-order valence-electron chi connectivity index (χ4n) is 1.11. The number of hydrogen-bond acceptors (Lipinski definition) is 4. The monoisotopic (exact) mass is 223 g/mol. The van der Waals surface area contributed by atoms with Crippen molar-refractivity contribution in [3.8, 4) is 5.75 Å². The standard InChI is InChI=1S/C11H13NO4/c1-7(2)16-11(15)12-9-5-3-4-8(6-13)10(9)14/h3-7,14H,1-2H3,(H,12,15). The number of phenols is 1. The molecular formula is C11H13NO4. The van der Waals surface area contributed by atoms with Gasteiger partial charge in [0, 0.05) is 0 Å². The predicted molar refractivity (Wildman–Crippen MR) is 58.7 cm³/mol. The summed E-state index contributed by atoms with van der Waals surface area (Å²) in [7, 11) is 0. The van der Waals surface area contributed by atoms with Crippen molar-refractivity contribution in [2.45, 2.75) is 20.0 Å². The van der Waals surface area contributed by atoms with E-state index in [2.05, 4.69) is 5.32 Å². The van der Waals surface area contributed by atoms with Crippen LogP contribution in [0.25, 0.3) is 0 Å². The molecule has 0 aliphatic rings. The first-order valence-electron chi connectivity index (χ1n) is 4.79. The third-order valence-corrected chi connectivity index (χ3v) is 1.77. The highest BCUT2D eigenvalue weighted by atomic mass is 16.6. The lowest BCUT2D eigenvalue weighted by atomic mass is 10.2. The number of hydrogen-bond donors (Lipinski definition) is 2. The molecule has 0 saturated heterocycles. The zero-order valence-electron chi connectivity index (χ0n) is 9.06. The Hall–Kier alpha value is -2.04. The smallest absolute Gasteiger partial charge is 0.411 e. The highest BCUT2D eigenvalue weighted by molar-refractivity contribution is 5.91. The SMILES string of the molecule is CC(C)OC(=O)Nc1cccc(C=O)c1O. The third kappa shape index (κ3) is 2.98. The van der Waals surface area contributed by atoms with Crippen molar-refractivity contribution in [2.75, 3.05) is 5.32 Å². The largest absolute Gasteiger partial charge is 0.505 e. The Morgan fingerprint density at radius 2 is 2.19 bits per heavy atom. The van der Waals surface area contributed by atoms with Gasteiger partial charge in [-0.15, -0.1) is 0 Å². The minimum Gasteiger partial charge on any atom is -0.505 e. The number of benzene rings is 1. The third-order valence-electron chi connectivity index (χ3n) is 1.77. The minimum atomic E-state index is -0.673. The number of carbonyl (C=O) groups excluding carboxylic acids is 2. The highest BCUT2D eigenvalue weighted by Gasteiger charge is 2.10. The number of ether oxygens (including phenoxy) is 1. The van der Waals surface area contributed by atoms with Gasteiger partial charge in [-0.3, -0.25) is 10.1 Å². The van der Waals surface area contributed by atoms with Gasteiger partial charge in [-0.05, 0) is 26.0 Å². The normalized spacial score (nSPS) is 9.94. The lowest BCUT2D eigenvalue weighted by molar-refractivity contribution is 0.112. The fourth-order valence-corrected chi connectivity index (χ4v) is 1.11. The number of rotatable bonds is 3. The van der Waals surface area contributed by atoms with Crippen molar-refractivity contribution in [1.29, 1.82) is 0 Å². The molecule has 0 heterocycles. The number of aromatic hydroxyl groups is 1. The Morgan fingerprint density at radius 3 is 2.75 bits per heavy atom. The second-order valence-electron chi connectivity index (χ2n) is 3.44. The van der Waals surface area contributed by atoms with Crippen molar-refractivity contribution >= 4 is 18.1 Å². The van der Waals surface area contributed by atoms with Gasteiger partial charge in [0.15, 0.2) is 6.29 Å². The quantitative estimate of drug-likeness (QED) is 0.608. The van der Waals surface area contributed by atoms with Gasteiger partial charge in [0.25, 0.3) is 0 Å². The zero-order chi connectivity index (χ0) is 12.1. The number of anilines is 1. The van der Waals surface area contributed by atoms with Crippen molar-refractivity contribution in [1.82, 2.24) is 0 Å². The Morgan fingerprint density at radius 1 is 1.50 bits per heavy atom. The number of nitrogens with one attached hydrogen (secondary N) is 1. The Kier molecular flexibility index (Phi) is 3.88. The summed E-state index contributed by atoms with van der Waals surface area (Å²) in [6.45, 7) is 3.42. The first kappa shape index (κ1) is 12.0. The summed E-state index contributed by atoms with van der Waals surface area (Å²) < 4.78 is 4.83. The van der Waals surface area contributed by atoms with E-state index in [1.165, 1.54) is 12.1 Å². The summed E-state index contributed by atoms with van der Waals surface area (Å²) >= 11 is 0. The fraction of sp³-hybridized carbons (Fsp3) is 0.273. The van der Waals surface area contributed by atoms with E-state index in [1.807, 2.05) is 0 Å². The van der Waals surface area contributed by atoms with Crippen molar-refractivity contribution in [3.05, 3.63) is 23.8 Å². The van der Waals surface area contributed by atoms with Gasteiger partial charge >= 0.3 is 6.09 Å². The van der Waals surface area contributed by atoms with Crippen LogP contribution in [0, 0.1) is 0 Å². The molecule has 0 aromatic heterocycles. The average Bonchev–Trinajstić information content (AvgIpc) is 2.20. The molecule has 5 heteroatoms. The molecule has 16 heavy (non-hydrogen) atoms. The van der Waals surface area contributed by atoms with Gasteiger partial charge in [0.2, 0.25) is 0 Å². The number of amides is 1. The van der Waals surface area contributed by atoms with Crippen LogP contribution in [0.1, 0.15) is 24.2 Å². The van der Waals surface area contributed by atoms with Crippen LogP contribution in [0.3, 0.4) is 0 Å². The van der Waals surface area contributed by atoms with Crippen molar-refractivity contribution < 1.29 is 19.4 Å². The molecule has 0 atom stereocenters. The molecule has 0 radical (unpaired) electrons. The van der Waals surface area contributed by atoms with Crippen LogP contribution in [0.4, 0.5) is 10.5 Å². The summed E-state index contributed by atoms with van der Waals surface area (Å²) in [5.74, 6) is -0.266. The minimum absolute atomic E-state index is 0.113. The average molecular weight is 223 g/mol. The van der Waals surface area contributed by atoms with E-state index in [4.69, 9.17) is 4.74 Å². The van der Waals surface area contributed by atoms with Crippen LogP contribution in [0.2, 0.25) is 0 Å². The zero-order valence-corrected chi connectivity index (χ0v) is 9.06. The van der Waals surface area contributed by atoms with Gasteiger partial charge in [0.05, 0.1) is 17.4 Å². The molecule has 1 aromatic rings. The Bertz CT molecular complexity index is 401. The molecule has 0 unspecified atom stereocenters. The van der Waals surface area contributed by atoms with Crippen LogP contribution in [0.15, 0.2) is 18.2 Å². The molecule has 1 amide bonds. The van der Waals surface area contributed by atoms with E-state index < -0.39 is 6.09 Å². The van der Waals surface area contributed by atoms with Crippen LogP contribution in [-0.2, 0) is 4.74 Å². The van der Waals surface area contributed by atoms with Gasteiger partial charge in [0.1, 0.15) is 5.75 Å². The maximum atomic E-state index is 11.2. The molecule has 86 valence electrons. The predicted octanol–water partition coefficient (Wildman–Crippen LogP) is 2.16. The molecule has 0 bridgehead atoms. The number of phenolic OH excluding ortho intramolecular Hbond substituents is 1. The van der Waals surface area contributed by atoms with Crippen LogP contribution >= 0.6 is 0 Å². The number of aldehydes is 1. The molecule has 1 aromatic carbocycles. The maximum Gasteiger partial charge on any atom is 0.411 e. The van der Waals surface area contributed by atoms with E-state index >= 15 is 0 Å². The molecule has 0 aliphatic heterocycles. The van der Waals surface area contributed by atoms with E-state index in [1.54, 1.807) is 19.9 Å². The van der Waals surface area contributed by atoms with Crippen LogP contribution in [-0.4, -0.2) is 23.6 Å². The van der Waals surface area contributed by atoms with Gasteiger partial charge < -0.3 is 9.84 Å². The lowest BCUT2D eigenvalue weighted by Gasteiger charge is -2.11. The highest BCUT2D eigenvalue weighted by Crippen LogP contribution is 2.26. The molecule has 2 N–H and O–H groups in total. The molecule has 0 aliphatic carbocycles. The maximum absolute atomic E-state index is 11.2. The molecule has 0 saturated carbocycles. The molecule has 0 spiro atoms. The molecular weight excluding hydrogens is 210 g/mol. The summed E-state index contributed by atoms with van der Waals surface area (Å²) in [5.41, 5.74) is 0.262. The van der Waals surface area contributed by atoms with Gasteiger partial charge in [-0.1, -0.05) is 6.07 Å². The molecule has 0 fully saturated rings. The van der Waals surface area contributed by atoms with E-state index in [-0.39, 0.29) is 23.1 Å². The summed E-state index contributed by atoms with van der Waals surface area (Å²) in [6.07, 6.45) is -0.418. The van der Waals surface area contributed by atoms with E-state index in [9.17, 15) is 14.7 Å². The number of carbonyl (C=O) groups is 2. The van der Waals surface area contributed by atoms with E-state index in [0.29, 0.717) is 6.29 Å². The first-order valence-corrected chi connectivity index (χ1v) is 4.79.